The number of aromatic nitrogens is 2. The lowest BCUT2D eigenvalue weighted by Gasteiger charge is -2.04. The molecule has 80 valence electrons. The molecule has 15 heavy (non-hydrogen) atoms. The van der Waals surface area contributed by atoms with Gasteiger partial charge in [-0.1, -0.05) is 0 Å². The molecule has 0 saturated heterocycles. The van der Waals surface area contributed by atoms with Gasteiger partial charge in [0.25, 0.3) is 0 Å². The van der Waals surface area contributed by atoms with E-state index in [1.54, 1.807) is 41.8 Å². The Morgan fingerprint density at radius 2 is 2.07 bits per heavy atom. The molecule has 0 atom stereocenters. The van der Waals surface area contributed by atoms with Crippen molar-refractivity contribution in [2.75, 3.05) is 0 Å². The number of alkyl halides is 3. The number of hydrogen-bond donors (Lipinski definition) is 0. The summed E-state index contributed by atoms with van der Waals surface area (Å²) in [6.45, 7) is 0. The van der Waals surface area contributed by atoms with Crippen LogP contribution in [0.3, 0.4) is 0 Å². The first-order valence-corrected chi connectivity index (χ1v) is 5.17. The summed E-state index contributed by atoms with van der Waals surface area (Å²) in [6, 6.07) is 3.25. The van der Waals surface area contributed by atoms with Crippen LogP contribution in [-0.2, 0) is 13.2 Å². The van der Waals surface area contributed by atoms with Crippen molar-refractivity contribution in [3.05, 3.63) is 27.6 Å². The zero-order chi connectivity index (χ0) is 11.2. The zero-order valence-electron chi connectivity index (χ0n) is 7.64. The maximum absolute atomic E-state index is 12.7. The van der Waals surface area contributed by atoms with Crippen LogP contribution < -0.4 is 0 Å². The molecule has 0 aliphatic heterocycles. The fraction of sp³-hybridized carbons (Fsp3) is 0.222. The second-order valence-electron chi connectivity index (χ2n) is 3.09. The molecule has 0 aliphatic rings. The summed E-state index contributed by atoms with van der Waals surface area (Å²) in [7, 11) is 1.60. The summed E-state index contributed by atoms with van der Waals surface area (Å²) in [6.07, 6.45) is -2.99. The number of pyridine rings is 1. The van der Waals surface area contributed by atoms with Gasteiger partial charge in [0.05, 0.1) is 9.22 Å². The lowest BCUT2D eigenvalue weighted by molar-refractivity contribution is -0.137. The molecule has 0 aliphatic carbocycles. The zero-order valence-corrected chi connectivity index (χ0v) is 9.80. The Hall–Kier alpha value is -0.790. The van der Waals surface area contributed by atoms with Gasteiger partial charge in [-0.2, -0.15) is 13.2 Å². The predicted octanol–water partition coefficient (Wildman–Crippen LogP) is 3.20. The number of hydrogen-bond acceptors (Lipinski definition) is 1. The standard InChI is InChI=1S/C9H6F3IN2/c1-15-5-3-2-4-14-7(5)6(8(15)13)9(10,11)12/h2-4H,1H3. The Balaban J connectivity index is 2.90. The van der Waals surface area contributed by atoms with Crippen LogP contribution >= 0.6 is 22.6 Å². The Bertz CT molecular complexity index is 516. The fourth-order valence-electron chi connectivity index (χ4n) is 1.48. The topological polar surface area (TPSA) is 17.8 Å². The van der Waals surface area contributed by atoms with E-state index in [9.17, 15) is 13.2 Å². The quantitative estimate of drug-likeness (QED) is 0.680. The van der Waals surface area contributed by atoms with Crippen molar-refractivity contribution in [1.82, 2.24) is 9.55 Å². The monoisotopic (exact) mass is 326 g/mol. The van der Waals surface area contributed by atoms with Crippen molar-refractivity contribution in [2.45, 2.75) is 6.18 Å². The van der Waals surface area contributed by atoms with Gasteiger partial charge >= 0.3 is 6.18 Å². The SMILES string of the molecule is Cn1c(I)c(C(F)(F)F)c2ncccc21. The van der Waals surface area contributed by atoms with Crippen molar-refractivity contribution in [1.29, 1.82) is 0 Å². The molecule has 0 amide bonds. The van der Waals surface area contributed by atoms with E-state index in [1.165, 1.54) is 10.8 Å². The van der Waals surface area contributed by atoms with Crippen molar-refractivity contribution < 1.29 is 13.2 Å². The van der Waals surface area contributed by atoms with Gasteiger partial charge in [-0.05, 0) is 34.7 Å². The van der Waals surface area contributed by atoms with E-state index >= 15 is 0 Å². The highest BCUT2D eigenvalue weighted by atomic mass is 127. The first-order chi connectivity index (χ1) is 6.93. The molecule has 0 bridgehead atoms. The van der Waals surface area contributed by atoms with Crippen LogP contribution in [0.4, 0.5) is 13.2 Å². The van der Waals surface area contributed by atoms with Gasteiger partial charge in [0, 0.05) is 13.2 Å². The average molecular weight is 326 g/mol. The second-order valence-corrected chi connectivity index (χ2v) is 4.12. The molecule has 0 spiro atoms. The molecule has 2 aromatic heterocycles. The minimum absolute atomic E-state index is 0.0110. The average Bonchev–Trinajstić information content (AvgIpc) is 2.39. The molecule has 2 heterocycles. The van der Waals surface area contributed by atoms with Crippen LogP contribution in [0.25, 0.3) is 11.0 Å². The van der Waals surface area contributed by atoms with Crippen LogP contribution in [-0.4, -0.2) is 9.55 Å². The van der Waals surface area contributed by atoms with E-state index in [2.05, 4.69) is 4.98 Å². The maximum atomic E-state index is 12.7. The van der Waals surface area contributed by atoms with Crippen LogP contribution in [0.1, 0.15) is 5.56 Å². The summed E-state index contributed by atoms with van der Waals surface area (Å²) in [4.78, 5) is 3.78. The van der Waals surface area contributed by atoms with Gasteiger partial charge in [0.1, 0.15) is 11.1 Å². The minimum Gasteiger partial charge on any atom is -0.337 e. The van der Waals surface area contributed by atoms with Crippen molar-refractivity contribution >= 4 is 33.6 Å². The predicted molar refractivity (Wildman–Crippen MR) is 58.4 cm³/mol. The lowest BCUT2D eigenvalue weighted by atomic mass is 10.2. The summed E-state index contributed by atoms with van der Waals surface area (Å²) >= 11 is 1.69. The van der Waals surface area contributed by atoms with E-state index < -0.39 is 11.7 Å². The maximum Gasteiger partial charge on any atom is 0.421 e. The molecule has 6 heteroatoms. The van der Waals surface area contributed by atoms with Crippen molar-refractivity contribution in [3.63, 3.8) is 0 Å². The smallest absolute Gasteiger partial charge is 0.337 e. The van der Waals surface area contributed by atoms with E-state index in [0.29, 0.717) is 5.52 Å². The highest BCUT2D eigenvalue weighted by molar-refractivity contribution is 14.1. The van der Waals surface area contributed by atoms with E-state index in [-0.39, 0.29) is 9.22 Å². The summed E-state index contributed by atoms with van der Waals surface area (Å²) in [5, 5.41) is 0. The summed E-state index contributed by atoms with van der Waals surface area (Å²) in [5.74, 6) is 0. The highest BCUT2D eigenvalue weighted by Crippen LogP contribution is 2.38. The van der Waals surface area contributed by atoms with E-state index in [4.69, 9.17) is 0 Å². The number of nitrogens with zero attached hydrogens (tertiary/aromatic N) is 2. The molecule has 0 radical (unpaired) electrons. The fourth-order valence-corrected chi connectivity index (χ4v) is 2.30. The number of fused-ring (bicyclic) bond motifs is 1. The number of rotatable bonds is 0. The highest BCUT2D eigenvalue weighted by Gasteiger charge is 2.38. The Labute approximate surface area is 97.2 Å². The Morgan fingerprint density at radius 3 is 2.67 bits per heavy atom. The second kappa shape index (κ2) is 3.36. The van der Waals surface area contributed by atoms with Gasteiger partial charge in [-0.3, -0.25) is 4.98 Å². The Morgan fingerprint density at radius 1 is 1.40 bits per heavy atom. The van der Waals surface area contributed by atoms with Gasteiger partial charge in [0.15, 0.2) is 0 Å². The molecule has 0 N–H and O–H groups in total. The molecule has 2 nitrogen and oxygen atoms in total. The summed E-state index contributed by atoms with van der Waals surface area (Å²) in [5.41, 5.74) is -0.146. The van der Waals surface area contributed by atoms with Crippen LogP contribution in [0.5, 0.6) is 0 Å². The van der Waals surface area contributed by atoms with Crippen LogP contribution in [0.2, 0.25) is 0 Å². The van der Waals surface area contributed by atoms with E-state index in [1.807, 2.05) is 0 Å². The third-order valence-corrected chi connectivity index (χ3v) is 3.43. The van der Waals surface area contributed by atoms with Gasteiger partial charge < -0.3 is 4.57 Å². The largest absolute Gasteiger partial charge is 0.421 e. The molecule has 0 fully saturated rings. The molecule has 0 unspecified atom stereocenters. The first-order valence-electron chi connectivity index (χ1n) is 4.09. The van der Waals surface area contributed by atoms with E-state index in [0.717, 1.165) is 0 Å². The third kappa shape index (κ3) is 1.60. The normalized spacial score (nSPS) is 12.3. The minimum atomic E-state index is -4.36. The number of halogens is 4. The molecule has 2 aromatic rings. The lowest BCUT2D eigenvalue weighted by Crippen LogP contribution is -2.07. The van der Waals surface area contributed by atoms with Gasteiger partial charge in [0.2, 0.25) is 0 Å². The van der Waals surface area contributed by atoms with Crippen LogP contribution in [0, 0.1) is 3.70 Å². The molecule has 0 aromatic carbocycles. The molecule has 0 saturated carbocycles. The van der Waals surface area contributed by atoms with Gasteiger partial charge in [-0.15, -0.1) is 0 Å². The molecule has 2 rings (SSSR count). The Kier molecular flexibility index (Phi) is 2.40. The van der Waals surface area contributed by atoms with Crippen LogP contribution in [0.15, 0.2) is 18.3 Å². The summed E-state index contributed by atoms with van der Waals surface area (Å²) < 4.78 is 39.9. The molecular formula is C9H6F3IN2. The van der Waals surface area contributed by atoms with Gasteiger partial charge in [-0.25, -0.2) is 0 Å². The molecular weight excluding hydrogens is 320 g/mol. The van der Waals surface area contributed by atoms with Crippen molar-refractivity contribution in [3.8, 4) is 0 Å². The first kappa shape index (κ1) is 10.7. The van der Waals surface area contributed by atoms with Crippen molar-refractivity contribution in [2.24, 2.45) is 7.05 Å². The third-order valence-electron chi connectivity index (χ3n) is 2.17. The number of aryl methyl sites for hydroxylation is 1.